The Morgan fingerprint density at radius 2 is 1.79 bits per heavy atom. The van der Waals surface area contributed by atoms with Gasteiger partial charge in [-0.15, -0.1) is 5.26 Å². The molecule has 0 spiro atoms. The van der Waals surface area contributed by atoms with Gasteiger partial charge in [-0.3, -0.25) is 4.58 Å². The Morgan fingerprint density at radius 1 is 1.14 bits per heavy atom. The van der Waals surface area contributed by atoms with Crippen LogP contribution < -0.4 is 5.32 Å². The number of nitrogens with one attached hydrogen (secondary N) is 1. The van der Waals surface area contributed by atoms with Crippen molar-refractivity contribution < 1.29 is 4.58 Å². The molecule has 1 rings (SSSR count). The topological polar surface area (TPSA) is 62.6 Å². The van der Waals surface area contributed by atoms with Crippen LogP contribution in [0.25, 0.3) is 0 Å². The number of nitrogens with zero attached hydrogens (tertiary/aromatic N) is 3. The summed E-state index contributed by atoms with van der Waals surface area (Å²) in [5.41, 5.74) is 0. The normalized spacial score (nSPS) is 16.3. The molecule has 0 unspecified atom stereocenters. The van der Waals surface area contributed by atoms with Crippen molar-refractivity contribution >= 4 is 5.84 Å². The van der Waals surface area contributed by atoms with Crippen LogP contribution in [-0.4, -0.2) is 23.5 Å². The number of amidine groups is 1. The molecule has 1 heterocycles. The van der Waals surface area contributed by atoms with E-state index in [-0.39, 0.29) is 0 Å². The predicted molar refractivity (Wildman–Crippen MR) is 52.4 cm³/mol. The fraction of sp³-hybridized carbons (Fsp3) is 0.700. The van der Waals surface area contributed by atoms with Gasteiger partial charge in [0.15, 0.2) is 0 Å². The molecule has 0 aromatic carbocycles. The number of rotatable bonds is 1. The lowest BCUT2D eigenvalue weighted by molar-refractivity contribution is -0.528. The van der Waals surface area contributed by atoms with Gasteiger partial charge in [0, 0.05) is 0 Å². The van der Waals surface area contributed by atoms with Crippen LogP contribution in [0.4, 0.5) is 0 Å². The molecule has 0 aromatic heterocycles. The quantitative estimate of drug-likeness (QED) is 0.290. The maximum absolute atomic E-state index is 8.62. The molecule has 0 aromatic rings. The van der Waals surface area contributed by atoms with E-state index in [0.29, 0.717) is 6.42 Å². The van der Waals surface area contributed by atoms with E-state index in [1.54, 1.807) is 0 Å². The van der Waals surface area contributed by atoms with Crippen LogP contribution in [0.5, 0.6) is 0 Å². The van der Waals surface area contributed by atoms with Gasteiger partial charge in [-0.25, -0.2) is 0 Å². The molecule has 0 atom stereocenters. The number of hydrogen-bond donors (Lipinski definition) is 1. The lowest BCUT2D eigenvalue weighted by Gasteiger charge is -2.05. The van der Waals surface area contributed by atoms with Crippen LogP contribution in [-0.2, 0) is 0 Å². The van der Waals surface area contributed by atoms with E-state index in [9.17, 15) is 0 Å². The molecule has 4 heteroatoms. The molecule has 0 amide bonds. The van der Waals surface area contributed by atoms with Crippen molar-refractivity contribution in [1.29, 1.82) is 10.5 Å². The van der Waals surface area contributed by atoms with Gasteiger partial charge < -0.3 is 0 Å². The minimum atomic E-state index is 0.299. The molecular formula is C10H15N4+. The molecule has 0 saturated carbocycles. The summed E-state index contributed by atoms with van der Waals surface area (Å²) in [4.78, 5) is 0. The fourth-order valence-corrected chi connectivity index (χ4v) is 1.72. The van der Waals surface area contributed by atoms with Gasteiger partial charge >= 0.3 is 0 Å². The standard InChI is InChI=1S/C10H14N4/c11-6-5-10(13-9-12)14-7-3-1-2-4-8-14/h1-5,7-8H2/p+1. The van der Waals surface area contributed by atoms with Gasteiger partial charge in [0.1, 0.15) is 6.42 Å². The van der Waals surface area contributed by atoms with E-state index in [4.69, 9.17) is 10.5 Å². The highest BCUT2D eigenvalue weighted by Gasteiger charge is 2.14. The molecule has 0 radical (unpaired) electrons. The first-order valence-electron chi connectivity index (χ1n) is 5.01. The van der Waals surface area contributed by atoms with Gasteiger partial charge in [-0.2, -0.15) is 10.6 Å². The van der Waals surface area contributed by atoms with Crippen molar-refractivity contribution in [2.24, 2.45) is 0 Å². The van der Waals surface area contributed by atoms with Crippen LogP contribution >= 0.6 is 0 Å². The van der Waals surface area contributed by atoms with Crippen molar-refractivity contribution in [2.45, 2.75) is 32.1 Å². The Morgan fingerprint density at radius 3 is 2.29 bits per heavy atom. The van der Waals surface area contributed by atoms with Crippen molar-refractivity contribution in [3.05, 3.63) is 0 Å². The van der Waals surface area contributed by atoms with Crippen LogP contribution in [0, 0.1) is 22.8 Å². The summed E-state index contributed by atoms with van der Waals surface area (Å²) in [6.07, 6.45) is 7.00. The molecular weight excluding hydrogens is 176 g/mol. The first-order chi connectivity index (χ1) is 6.88. The van der Waals surface area contributed by atoms with Crippen molar-refractivity contribution in [1.82, 2.24) is 5.32 Å². The molecule has 1 N–H and O–H groups in total. The Hall–Kier alpha value is -1.55. The lowest BCUT2D eigenvalue weighted by atomic mass is 10.2. The molecule has 1 aliphatic heterocycles. The third kappa shape index (κ3) is 3.06. The minimum Gasteiger partial charge on any atom is -0.264 e. The first-order valence-corrected chi connectivity index (χ1v) is 5.01. The molecule has 1 fully saturated rings. The van der Waals surface area contributed by atoms with E-state index < -0.39 is 0 Å². The maximum atomic E-state index is 8.62. The summed E-state index contributed by atoms with van der Waals surface area (Å²) >= 11 is 0. The van der Waals surface area contributed by atoms with Crippen LogP contribution in [0.2, 0.25) is 0 Å². The van der Waals surface area contributed by atoms with Crippen molar-refractivity contribution in [2.75, 3.05) is 13.1 Å². The van der Waals surface area contributed by atoms with E-state index in [2.05, 4.69) is 16.0 Å². The molecule has 1 saturated heterocycles. The summed E-state index contributed by atoms with van der Waals surface area (Å²) in [5, 5.41) is 19.8. The zero-order valence-electron chi connectivity index (χ0n) is 8.29. The Bertz CT molecular complexity index is 264. The Balaban J connectivity index is 2.73. The Labute approximate surface area is 84.5 Å². The van der Waals surface area contributed by atoms with Crippen molar-refractivity contribution in [3.63, 3.8) is 0 Å². The highest BCUT2D eigenvalue weighted by molar-refractivity contribution is 5.80. The van der Waals surface area contributed by atoms with Crippen LogP contribution in [0.15, 0.2) is 0 Å². The molecule has 1 aliphatic rings. The monoisotopic (exact) mass is 191 g/mol. The number of hydrogen-bond acceptors (Lipinski definition) is 2. The first kappa shape index (κ1) is 10.5. The third-order valence-corrected chi connectivity index (χ3v) is 2.43. The second-order valence-corrected chi connectivity index (χ2v) is 3.42. The smallest absolute Gasteiger partial charge is 0.264 e. The average molecular weight is 191 g/mol. The Kier molecular flexibility index (Phi) is 4.50. The highest BCUT2D eigenvalue weighted by atomic mass is 15.1. The predicted octanol–water partition coefficient (Wildman–Crippen LogP) is 0.956. The zero-order valence-corrected chi connectivity index (χ0v) is 8.29. The summed E-state index contributed by atoms with van der Waals surface area (Å²) in [7, 11) is 0. The summed E-state index contributed by atoms with van der Waals surface area (Å²) < 4.78 is 2.12. The third-order valence-electron chi connectivity index (χ3n) is 2.43. The summed E-state index contributed by atoms with van der Waals surface area (Å²) in [5.74, 6) is 0.761. The van der Waals surface area contributed by atoms with Gasteiger partial charge in [0.2, 0.25) is 0 Å². The van der Waals surface area contributed by atoms with Gasteiger partial charge in [0.25, 0.3) is 12.0 Å². The molecule has 74 valence electrons. The summed E-state index contributed by atoms with van der Waals surface area (Å²) in [6, 6.07) is 2.08. The highest BCUT2D eigenvalue weighted by Crippen LogP contribution is 2.06. The second-order valence-electron chi connectivity index (χ2n) is 3.42. The molecule has 0 bridgehead atoms. The van der Waals surface area contributed by atoms with E-state index in [1.165, 1.54) is 12.8 Å². The number of nitriles is 2. The molecule has 14 heavy (non-hydrogen) atoms. The SMILES string of the molecule is N#CCC(NC#N)=[N+]1CCCCCC1. The van der Waals surface area contributed by atoms with Crippen LogP contribution in [0.3, 0.4) is 0 Å². The summed E-state index contributed by atoms with van der Waals surface area (Å²) in [6.45, 7) is 1.93. The van der Waals surface area contributed by atoms with E-state index in [1.807, 2.05) is 6.19 Å². The minimum absolute atomic E-state index is 0.299. The van der Waals surface area contributed by atoms with Crippen molar-refractivity contribution in [3.8, 4) is 12.3 Å². The molecule has 0 aliphatic carbocycles. The van der Waals surface area contributed by atoms with E-state index in [0.717, 1.165) is 31.8 Å². The zero-order chi connectivity index (χ0) is 10.2. The largest absolute Gasteiger partial charge is 0.288 e. The second kappa shape index (κ2) is 5.99. The average Bonchev–Trinajstić information content (AvgIpc) is 2.45. The van der Waals surface area contributed by atoms with Gasteiger partial charge in [0.05, 0.1) is 19.2 Å². The lowest BCUT2D eigenvalue weighted by Crippen LogP contribution is -2.31. The maximum Gasteiger partial charge on any atom is 0.288 e. The van der Waals surface area contributed by atoms with Gasteiger partial charge in [-0.05, 0) is 25.7 Å². The van der Waals surface area contributed by atoms with E-state index >= 15 is 0 Å². The van der Waals surface area contributed by atoms with Gasteiger partial charge in [-0.1, -0.05) is 0 Å². The van der Waals surface area contributed by atoms with Crippen LogP contribution in [0.1, 0.15) is 32.1 Å². The fourth-order valence-electron chi connectivity index (χ4n) is 1.72. The molecule has 4 nitrogen and oxygen atoms in total.